The van der Waals surface area contributed by atoms with Crippen molar-refractivity contribution in [2.75, 3.05) is 25.4 Å². The van der Waals surface area contributed by atoms with Crippen LogP contribution in [-0.4, -0.2) is 46.5 Å². The van der Waals surface area contributed by atoms with E-state index in [1.807, 2.05) is 6.92 Å². The highest BCUT2D eigenvalue weighted by atomic mass is 16.2. The fourth-order valence-corrected chi connectivity index (χ4v) is 1.94. The number of anilines is 1. The van der Waals surface area contributed by atoms with Crippen LogP contribution in [-0.2, 0) is 11.2 Å². The predicted octanol–water partition coefficient (Wildman–Crippen LogP) is -0.484. The van der Waals surface area contributed by atoms with E-state index in [2.05, 4.69) is 15.5 Å². The van der Waals surface area contributed by atoms with Gasteiger partial charge in [-0.05, 0) is 6.42 Å². The summed E-state index contributed by atoms with van der Waals surface area (Å²) in [6.45, 7) is 3.29. The number of aryl methyl sites for hydroxylation is 1. The number of nitrogen functional groups attached to an aromatic ring is 1. The van der Waals surface area contributed by atoms with Crippen LogP contribution in [0.1, 0.15) is 29.5 Å². The Morgan fingerprint density at radius 3 is 2.94 bits per heavy atom. The lowest BCUT2D eigenvalue weighted by Gasteiger charge is -2.18. The maximum Gasteiger partial charge on any atom is 0.276 e. The van der Waals surface area contributed by atoms with Crippen LogP contribution < -0.4 is 11.1 Å². The highest BCUT2D eigenvalue weighted by Crippen LogP contribution is 2.16. The van der Waals surface area contributed by atoms with Crippen LogP contribution >= 0.6 is 0 Å². The van der Waals surface area contributed by atoms with Gasteiger partial charge in [-0.25, -0.2) is 0 Å². The molecule has 0 bridgehead atoms. The summed E-state index contributed by atoms with van der Waals surface area (Å²) in [5.41, 5.74) is 7.29. The third kappa shape index (κ3) is 2.29. The first-order valence-corrected chi connectivity index (χ1v) is 6.02. The highest BCUT2D eigenvalue weighted by Gasteiger charge is 2.24. The number of hydrogen-bond acceptors (Lipinski definition) is 4. The van der Waals surface area contributed by atoms with Crippen LogP contribution in [0.2, 0.25) is 0 Å². The summed E-state index contributed by atoms with van der Waals surface area (Å²) < 4.78 is 0. The average molecular weight is 251 g/mol. The molecule has 1 saturated heterocycles. The number of nitrogens with two attached hydrogens (primary N) is 1. The van der Waals surface area contributed by atoms with Crippen molar-refractivity contribution in [1.29, 1.82) is 0 Å². The Balaban J connectivity index is 2.15. The number of nitrogens with one attached hydrogen (secondary N) is 2. The molecule has 0 radical (unpaired) electrons. The summed E-state index contributed by atoms with van der Waals surface area (Å²) in [4.78, 5) is 25.0. The van der Waals surface area contributed by atoms with E-state index in [0.717, 1.165) is 5.69 Å². The normalized spacial score (nSPS) is 16.3. The molecular formula is C11H17N5O2. The van der Waals surface area contributed by atoms with Crippen LogP contribution in [0.5, 0.6) is 0 Å². The standard InChI is InChI=1S/C11H17N5O2/c1-2-7-9(12)10(15-14-7)11(18)16-5-3-8(17)13-4-6-16/h2-6,12H2,1H3,(H,13,17)(H,14,15). The molecule has 1 aliphatic rings. The predicted molar refractivity (Wildman–Crippen MR) is 65.9 cm³/mol. The van der Waals surface area contributed by atoms with Crippen LogP contribution in [0.25, 0.3) is 0 Å². The second kappa shape index (κ2) is 5.07. The molecule has 2 rings (SSSR count). The highest BCUT2D eigenvalue weighted by molar-refractivity contribution is 5.98. The Hall–Kier alpha value is -2.05. The van der Waals surface area contributed by atoms with Gasteiger partial charge in [0.15, 0.2) is 5.69 Å². The molecule has 2 amide bonds. The Morgan fingerprint density at radius 2 is 2.28 bits per heavy atom. The smallest absolute Gasteiger partial charge is 0.276 e. The molecule has 0 spiro atoms. The quantitative estimate of drug-likeness (QED) is 0.660. The zero-order valence-electron chi connectivity index (χ0n) is 10.3. The van der Waals surface area contributed by atoms with Gasteiger partial charge in [0, 0.05) is 26.1 Å². The number of aromatic amines is 1. The Kier molecular flexibility index (Phi) is 3.50. The molecule has 0 aromatic carbocycles. The minimum absolute atomic E-state index is 0.0328. The number of nitrogens with zero attached hydrogens (tertiary/aromatic N) is 2. The van der Waals surface area contributed by atoms with Gasteiger partial charge >= 0.3 is 0 Å². The van der Waals surface area contributed by atoms with Gasteiger partial charge in [0.05, 0.1) is 11.4 Å². The van der Waals surface area contributed by atoms with E-state index in [1.165, 1.54) is 0 Å². The molecule has 1 aromatic heterocycles. The first kappa shape index (κ1) is 12.4. The van der Waals surface area contributed by atoms with Gasteiger partial charge in [0.2, 0.25) is 5.91 Å². The number of hydrogen-bond donors (Lipinski definition) is 3. The minimum atomic E-state index is -0.222. The third-order valence-corrected chi connectivity index (χ3v) is 3.04. The van der Waals surface area contributed by atoms with Crippen molar-refractivity contribution < 1.29 is 9.59 Å². The van der Waals surface area contributed by atoms with Crippen LogP contribution in [0, 0.1) is 0 Å². The second-order valence-electron chi connectivity index (χ2n) is 4.21. The van der Waals surface area contributed by atoms with Crippen molar-refractivity contribution in [2.45, 2.75) is 19.8 Å². The summed E-state index contributed by atoms with van der Waals surface area (Å²) in [5.74, 6) is -0.255. The molecule has 1 aromatic rings. The fraction of sp³-hybridized carbons (Fsp3) is 0.545. The van der Waals surface area contributed by atoms with E-state index in [0.29, 0.717) is 38.2 Å². The molecule has 4 N–H and O–H groups in total. The van der Waals surface area contributed by atoms with Gasteiger partial charge in [-0.1, -0.05) is 6.92 Å². The van der Waals surface area contributed by atoms with Crippen LogP contribution in [0.3, 0.4) is 0 Å². The molecule has 98 valence electrons. The van der Waals surface area contributed by atoms with E-state index in [-0.39, 0.29) is 17.5 Å². The third-order valence-electron chi connectivity index (χ3n) is 3.04. The first-order valence-electron chi connectivity index (χ1n) is 6.02. The van der Waals surface area contributed by atoms with E-state index >= 15 is 0 Å². The number of aromatic nitrogens is 2. The van der Waals surface area contributed by atoms with Crippen molar-refractivity contribution in [3.8, 4) is 0 Å². The Morgan fingerprint density at radius 1 is 1.50 bits per heavy atom. The summed E-state index contributed by atoms with van der Waals surface area (Å²) >= 11 is 0. The van der Waals surface area contributed by atoms with Crippen LogP contribution in [0.4, 0.5) is 5.69 Å². The summed E-state index contributed by atoms with van der Waals surface area (Å²) in [7, 11) is 0. The van der Waals surface area contributed by atoms with Crippen molar-refractivity contribution in [2.24, 2.45) is 0 Å². The molecular weight excluding hydrogens is 234 g/mol. The van der Waals surface area contributed by atoms with Gasteiger partial charge in [0.25, 0.3) is 5.91 Å². The molecule has 0 unspecified atom stereocenters. The van der Waals surface area contributed by atoms with E-state index in [1.54, 1.807) is 4.90 Å². The lowest BCUT2D eigenvalue weighted by molar-refractivity contribution is -0.120. The van der Waals surface area contributed by atoms with Crippen molar-refractivity contribution >= 4 is 17.5 Å². The molecule has 2 heterocycles. The topological polar surface area (TPSA) is 104 Å². The maximum atomic E-state index is 12.2. The van der Waals surface area contributed by atoms with E-state index < -0.39 is 0 Å². The minimum Gasteiger partial charge on any atom is -0.395 e. The van der Waals surface area contributed by atoms with Crippen molar-refractivity contribution in [1.82, 2.24) is 20.4 Å². The first-order chi connectivity index (χ1) is 8.63. The van der Waals surface area contributed by atoms with Gasteiger partial charge in [0.1, 0.15) is 0 Å². The number of carbonyl (C=O) groups excluding carboxylic acids is 2. The lowest BCUT2D eigenvalue weighted by Crippen LogP contribution is -2.34. The van der Waals surface area contributed by atoms with Gasteiger partial charge in [-0.15, -0.1) is 0 Å². The average Bonchev–Trinajstić information content (AvgIpc) is 2.59. The molecule has 1 aliphatic heterocycles. The summed E-state index contributed by atoms with van der Waals surface area (Å²) in [6.07, 6.45) is 1.02. The molecule has 0 saturated carbocycles. The van der Waals surface area contributed by atoms with Crippen LogP contribution in [0.15, 0.2) is 0 Å². The number of H-pyrrole nitrogens is 1. The SMILES string of the molecule is CCc1[nH]nc(C(=O)N2CCNC(=O)CC2)c1N. The Labute approximate surface area is 105 Å². The van der Waals surface area contributed by atoms with Gasteiger partial charge in [-0.2, -0.15) is 5.10 Å². The maximum absolute atomic E-state index is 12.2. The summed E-state index contributed by atoms with van der Waals surface area (Å²) in [6, 6.07) is 0. The number of amides is 2. The van der Waals surface area contributed by atoms with E-state index in [9.17, 15) is 9.59 Å². The molecule has 1 fully saturated rings. The molecule has 7 nitrogen and oxygen atoms in total. The zero-order chi connectivity index (χ0) is 13.1. The zero-order valence-corrected chi connectivity index (χ0v) is 10.3. The van der Waals surface area contributed by atoms with Crippen molar-refractivity contribution in [3.05, 3.63) is 11.4 Å². The van der Waals surface area contributed by atoms with Crippen molar-refractivity contribution in [3.63, 3.8) is 0 Å². The summed E-state index contributed by atoms with van der Waals surface area (Å²) in [5, 5.41) is 9.45. The lowest BCUT2D eigenvalue weighted by atomic mass is 10.2. The number of rotatable bonds is 2. The largest absolute Gasteiger partial charge is 0.395 e. The van der Waals surface area contributed by atoms with Gasteiger partial charge < -0.3 is 16.0 Å². The molecule has 7 heteroatoms. The monoisotopic (exact) mass is 251 g/mol. The molecule has 0 aliphatic carbocycles. The second-order valence-corrected chi connectivity index (χ2v) is 4.21. The fourth-order valence-electron chi connectivity index (χ4n) is 1.94. The van der Waals surface area contributed by atoms with E-state index in [4.69, 9.17) is 5.73 Å². The van der Waals surface area contributed by atoms with Gasteiger partial charge in [-0.3, -0.25) is 14.7 Å². The Bertz CT molecular complexity index is 468. The number of carbonyl (C=O) groups is 2. The molecule has 18 heavy (non-hydrogen) atoms. The molecule has 0 atom stereocenters.